The van der Waals surface area contributed by atoms with Gasteiger partial charge in [0.25, 0.3) is 0 Å². The lowest BCUT2D eigenvalue weighted by molar-refractivity contribution is -0.120. The second-order valence-corrected chi connectivity index (χ2v) is 4.56. The Bertz CT molecular complexity index is 383. The lowest BCUT2D eigenvalue weighted by Gasteiger charge is -2.06. The predicted octanol–water partition coefficient (Wildman–Crippen LogP) is 2.26. The Balaban J connectivity index is 2.29. The summed E-state index contributed by atoms with van der Waals surface area (Å²) in [6, 6.07) is 5.47. The molecule has 0 atom stereocenters. The van der Waals surface area contributed by atoms with E-state index in [4.69, 9.17) is 23.2 Å². The SMILES string of the molecule is CNCC(=O)NCCCc1ccc(Cl)cc1Cl. The van der Waals surface area contributed by atoms with Crippen molar-refractivity contribution in [2.24, 2.45) is 0 Å². The van der Waals surface area contributed by atoms with Crippen molar-refractivity contribution in [2.45, 2.75) is 12.8 Å². The molecule has 0 spiro atoms. The molecular weight excluding hydrogens is 259 g/mol. The van der Waals surface area contributed by atoms with Crippen LogP contribution in [0.5, 0.6) is 0 Å². The summed E-state index contributed by atoms with van der Waals surface area (Å²) < 4.78 is 0. The van der Waals surface area contributed by atoms with Crippen molar-refractivity contribution in [3.05, 3.63) is 33.8 Å². The number of aryl methyl sites for hydroxylation is 1. The largest absolute Gasteiger partial charge is 0.355 e. The Morgan fingerprint density at radius 3 is 2.76 bits per heavy atom. The van der Waals surface area contributed by atoms with Crippen molar-refractivity contribution in [1.29, 1.82) is 0 Å². The summed E-state index contributed by atoms with van der Waals surface area (Å²) >= 11 is 11.8. The number of likely N-dealkylation sites (N-methyl/N-ethyl adjacent to an activating group) is 1. The molecule has 0 radical (unpaired) electrons. The zero-order chi connectivity index (χ0) is 12.7. The Labute approximate surface area is 111 Å². The van der Waals surface area contributed by atoms with Crippen LogP contribution in [0, 0.1) is 0 Å². The maximum atomic E-state index is 11.1. The van der Waals surface area contributed by atoms with Crippen LogP contribution >= 0.6 is 23.2 Å². The monoisotopic (exact) mass is 274 g/mol. The molecule has 0 saturated carbocycles. The van der Waals surface area contributed by atoms with Gasteiger partial charge >= 0.3 is 0 Å². The molecule has 0 saturated heterocycles. The first-order chi connectivity index (χ1) is 8.13. The van der Waals surface area contributed by atoms with E-state index in [1.807, 2.05) is 12.1 Å². The van der Waals surface area contributed by atoms with Gasteiger partial charge in [-0.1, -0.05) is 29.3 Å². The Hall–Kier alpha value is -0.770. The van der Waals surface area contributed by atoms with Gasteiger partial charge in [0, 0.05) is 16.6 Å². The van der Waals surface area contributed by atoms with Gasteiger partial charge in [0.15, 0.2) is 0 Å². The molecule has 1 aromatic rings. The molecule has 0 aliphatic rings. The van der Waals surface area contributed by atoms with Crippen LogP contribution in [-0.4, -0.2) is 26.0 Å². The lowest BCUT2D eigenvalue weighted by Crippen LogP contribution is -2.32. The van der Waals surface area contributed by atoms with Crippen LogP contribution in [0.4, 0.5) is 0 Å². The van der Waals surface area contributed by atoms with E-state index in [9.17, 15) is 4.79 Å². The fourth-order valence-corrected chi connectivity index (χ4v) is 1.96. The third kappa shape index (κ3) is 5.39. The summed E-state index contributed by atoms with van der Waals surface area (Å²) in [5.74, 6) is 0.00898. The maximum absolute atomic E-state index is 11.1. The van der Waals surface area contributed by atoms with E-state index in [1.54, 1.807) is 13.1 Å². The maximum Gasteiger partial charge on any atom is 0.233 e. The summed E-state index contributed by atoms with van der Waals surface area (Å²) in [6.45, 7) is 1.00. The molecule has 0 heterocycles. The number of hydrogen-bond acceptors (Lipinski definition) is 2. The van der Waals surface area contributed by atoms with Gasteiger partial charge in [-0.15, -0.1) is 0 Å². The Morgan fingerprint density at radius 2 is 2.12 bits per heavy atom. The second-order valence-electron chi connectivity index (χ2n) is 3.72. The van der Waals surface area contributed by atoms with Crippen molar-refractivity contribution in [3.8, 4) is 0 Å². The van der Waals surface area contributed by atoms with Crippen molar-refractivity contribution in [1.82, 2.24) is 10.6 Å². The van der Waals surface area contributed by atoms with E-state index in [0.717, 1.165) is 18.4 Å². The molecular formula is C12H16Cl2N2O. The first kappa shape index (κ1) is 14.3. The molecule has 0 unspecified atom stereocenters. The lowest BCUT2D eigenvalue weighted by atomic mass is 10.1. The standard InChI is InChI=1S/C12H16Cl2N2O/c1-15-8-12(17)16-6-2-3-9-4-5-10(13)7-11(9)14/h4-5,7,15H,2-3,6,8H2,1H3,(H,16,17). The molecule has 3 nitrogen and oxygen atoms in total. The molecule has 0 aromatic heterocycles. The highest BCUT2D eigenvalue weighted by Gasteiger charge is 2.02. The number of carbonyl (C=O) groups excluding carboxylic acids is 1. The summed E-state index contributed by atoms with van der Waals surface area (Å²) in [5, 5.41) is 6.93. The van der Waals surface area contributed by atoms with Gasteiger partial charge in [0.1, 0.15) is 0 Å². The fourth-order valence-electron chi connectivity index (χ4n) is 1.45. The van der Waals surface area contributed by atoms with Gasteiger partial charge in [-0.05, 0) is 37.6 Å². The van der Waals surface area contributed by atoms with Crippen LogP contribution in [-0.2, 0) is 11.2 Å². The zero-order valence-electron chi connectivity index (χ0n) is 9.72. The van der Waals surface area contributed by atoms with E-state index in [0.29, 0.717) is 23.1 Å². The van der Waals surface area contributed by atoms with Crippen molar-refractivity contribution < 1.29 is 4.79 Å². The molecule has 0 fully saturated rings. The van der Waals surface area contributed by atoms with E-state index in [1.165, 1.54) is 0 Å². The minimum atomic E-state index is 0.00898. The second kappa shape index (κ2) is 7.54. The highest BCUT2D eigenvalue weighted by molar-refractivity contribution is 6.35. The summed E-state index contributed by atoms with van der Waals surface area (Å²) in [4.78, 5) is 11.1. The Morgan fingerprint density at radius 1 is 1.35 bits per heavy atom. The van der Waals surface area contributed by atoms with Gasteiger partial charge in [-0.25, -0.2) is 0 Å². The number of benzene rings is 1. The zero-order valence-corrected chi connectivity index (χ0v) is 11.2. The first-order valence-electron chi connectivity index (χ1n) is 5.48. The van der Waals surface area contributed by atoms with E-state index < -0.39 is 0 Å². The summed E-state index contributed by atoms with van der Waals surface area (Å²) in [5.41, 5.74) is 1.05. The quantitative estimate of drug-likeness (QED) is 0.782. The van der Waals surface area contributed by atoms with E-state index in [-0.39, 0.29) is 5.91 Å². The van der Waals surface area contributed by atoms with Gasteiger partial charge < -0.3 is 10.6 Å². The third-order valence-electron chi connectivity index (χ3n) is 2.30. The number of amides is 1. The summed E-state index contributed by atoms with van der Waals surface area (Å²) in [7, 11) is 1.74. The Kier molecular flexibility index (Phi) is 6.34. The molecule has 5 heteroatoms. The number of nitrogens with one attached hydrogen (secondary N) is 2. The minimum Gasteiger partial charge on any atom is -0.355 e. The average Bonchev–Trinajstić information content (AvgIpc) is 2.27. The van der Waals surface area contributed by atoms with Crippen molar-refractivity contribution in [3.63, 3.8) is 0 Å². The summed E-state index contributed by atoms with van der Waals surface area (Å²) in [6.07, 6.45) is 1.69. The minimum absolute atomic E-state index is 0.00898. The van der Waals surface area contributed by atoms with Crippen LogP contribution in [0.1, 0.15) is 12.0 Å². The normalized spacial score (nSPS) is 10.3. The van der Waals surface area contributed by atoms with E-state index >= 15 is 0 Å². The third-order valence-corrected chi connectivity index (χ3v) is 2.88. The van der Waals surface area contributed by atoms with Crippen LogP contribution in [0.2, 0.25) is 10.0 Å². The molecule has 0 aliphatic heterocycles. The molecule has 2 N–H and O–H groups in total. The average molecular weight is 275 g/mol. The molecule has 0 aliphatic carbocycles. The van der Waals surface area contributed by atoms with Gasteiger partial charge in [0.05, 0.1) is 6.54 Å². The van der Waals surface area contributed by atoms with Crippen LogP contribution < -0.4 is 10.6 Å². The smallest absolute Gasteiger partial charge is 0.233 e. The number of hydrogen-bond donors (Lipinski definition) is 2. The van der Waals surface area contributed by atoms with Crippen LogP contribution in [0.3, 0.4) is 0 Å². The molecule has 1 aromatic carbocycles. The molecule has 1 rings (SSSR count). The fraction of sp³-hybridized carbons (Fsp3) is 0.417. The van der Waals surface area contributed by atoms with Crippen molar-refractivity contribution >= 4 is 29.1 Å². The van der Waals surface area contributed by atoms with Gasteiger partial charge in [-0.2, -0.15) is 0 Å². The number of rotatable bonds is 6. The topological polar surface area (TPSA) is 41.1 Å². The molecule has 1 amide bonds. The molecule has 94 valence electrons. The van der Waals surface area contributed by atoms with Crippen molar-refractivity contribution in [2.75, 3.05) is 20.1 Å². The molecule has 0 bridgehead atoms. The first-order valence-corrected chi connectivity index (χ1v) is 6.24. The number of halogens is 2. The van der Waals surface area contributed by atoms with Gasteiger partial charge in [0.2, 0.25) is 5.91 Å². The van der Waals surface area contributed by atoms with Crippen LogP contribution in [0.25, 0.3) is 0 Å². The highest BCUT2D eigenvalue weighted by atomic mass is 35.5. The highest BCUT2D eigenvalue weighted by Crippen LogP contribution is 2.21. The van der Waals surface area contributed by atoms with Crippen LogP contribution in [0.15, 0.2) is 18.2 Å². The predicted molar refractivity (Wildman–Crippen MR) is 71.7 cm³/mol. The number of carbonyl (C=O) groups is 1. The van der Waals surface area contributed by atoms with Gasteiger partial charge in [-0.3, -0.25) is 4.79 Å². The van der Waals surface area contributed by atoms with E-state index in [2.05, 4.69) is 10.6 Å². The molecule has 17 heavy (non-hydrogen) atoms.